The zero-order valence-electron chi connectivity index (χ0n) is 7.78. The quantitative estimate of drug-likeness (QED) is 0.446. The van der Waals surface area contributed by atoms with Crippen molar-refractivity contribution in [3.63, 3.8) is 0 Å². The Hall–Kier alpha value is -0.230. The average molecular weight is 280 g/mol. The third-order valence-corrected chi connectivity index (χ3v) is 6.26. The maximum atomic E-state index is 11.3. The second-order valence-electron chi connectivity index (χ2n) is 3.98. The van der Waals surface area contributed by atoms with Crippen LogP contribution < -0.4 is 0 Å². The van der Waals surface area contributed by atoms with Crippen LogP contribution in [0.25, 0.3) is 0 Å². The summed E-state index contributed by atoms with van der Waals surface area (Å²) in [4.78, 5) is 24.0. The van der Waals surface area contributed by atoms with Crippen molar-refractivity contribution in [1.82, 2.24) is 4.90 Å². The molecule has 0 saturated carbocycles. The van der Waals surface area contributed by atoms with Gasteiger partial charge in [-0.1, -0.05) is 0 Å². The number of fused-ring (bicyclic) bond motifs is 1. The summed E-state index contributed by atoms with van der Waals surface area (Å²) >= 11 is 4.75. The number of carboxylic acids is 1. The standard InChI is InChI=1S/C8H10BrNO3S/c1-7(2)8(9,6(12)13)10-4(11)3-5(10)14-7/h5H,3H2,1-2H3,(H,12,13)/t5-,8+/m1/s1. The van der Waals surface area contributed by atoms with E-state index in [4.69, 9.17) is 0 Å². The molecule has 0 aromatic carbocycles. The molecule has 2 rings (SSSR count). The molecule has 0 aromatic heterocycles. The summed E-state index contributed by atoms with van der Waals surface area (Å²) in [5.74, 6) is -1.09. The highest BCUT2D eigenvalue weighted by Crippen LogP contribution is 2.59. The normalized spacial score (nSPS) is 39.2. The number of carbonyl (C=O) groups excluding carboxylic acids is 1. The summed E-state index contributed by atoms with van der Waals surface area (Å²) in [6.45, 7) is 3.68. The summed E-state index contributed by atoms with van der Waals surface area (Å²) in [7, 11) is 0. The van der Waals surface area contributed by atoms with E-state index < -0.39 is 15.2 Å². The van der Waals surface area contributed by atoms with Crippen LogP contribution in [0, 0.1) is 0 Å². The van der Waals surface area contributed by atoms with Gasteiger partial charge in [0.15, 0.2) is 0 Å². The molecule has 0 aromatic rings. The predicted octanol–water partition coefficient (Wildman–Crippen LogP) is 1.25. The van der Waals surface area contributed by atoms with Gasteiger partial charge in [-0.2, -0.15) is 0 Å². The molecule has 0 radical (unpaired) electrons. The fourth-order valence-electron chi connectivity index (χ4n) is 1.92. The van der Waals surface area contributed by atoms with E-state index in [1.54, 1.807) is 0 Å². The molecule has 2 aliphatic rings. The molecule has 2 atom stereocenters. The van der Waals surface area contributed by atoms with Crippen LogP contribution in [0.1, 0.15) is 20.3 Å². The number of amides is 1. The molecular weight excluding hydrogens is 270 g/mol. The minimum Gasteiger partial charge on any atom is -0.479 e. The largest absolute Gasteiger partial charge is 0.479 e. The van der Waals surface area contributed by atoms with Gasteiger partial charge in [-0.15, -0.1) is 11.8 Å². The van der Waals surface area contributed by atoms with Gasteiger partial charge in [0.2, 0.25) is 10.4 Å². The molecule has 2 heterocycles. The summed E-state index contributed by atoms with van der Waals surface area (Å²) in [5.41, 5.74) is 0. The van der Waals surface area contributed by atoms with E-state index in [0.29, 0.717) is 6.42 Å². The molecule has 14 heavy (non-hydrogen) atoms. The van der Waals surface area contributed by atoms with Crippen LogP contribution in [-0.2, 0) is 9.59 Å². The molecule has 2 aliphatic heterocycles. The number of halogens is 1. The molecule has 0 spiro atoms. The summed E-state index contributed by atoms with van der Waals surface area (Å²) in [6, 6.07) is 0. The number of hydrogen-bond acceptors (Lipinski definition) is 3. The first kappa shape index (κ1) is 10.3. The van der Waals surface area contributed by atoms with Crippen LogP contribution in [0.15, 0.2) is 0 Å². The number of β-lactam (4-membered cyclic amide) rings is 1. The number of nitrogens with zero attached hydrogens (tertiary/aromatic N) is 1. The van der Waals surface area contributed by atoms with Gasteiger partial charge in [0, 0.05) is 0 Å². The van der Waals surface area contributed by atoms with E-state index in [-0.39, 0.29) is 11.3 Å². The van der Waals surface area contributed by atoms with E-state index in [9.17, 15) is 14.7 Å². The van der Waals surface area contributed by atoms with E-state index in [1.807, 2.05) is 13.8 Å². The fraction of sp³-hybridized carbons (Fsp3) is 0.750. The van der Waals surface area contributed by atoms with Gasteiger partial charge in [0.05, 0.1) is 16.5 Å². The highest BCUT2D eigenvalue weighted by Gasteiger charge is 2.68. The first-order valence-electron chi connectivity index (χ1n) is 4.23. The van der Waals surface area contributed by atoms with Crippen molar-refractivity contribution < 1.29 is 14.7 Å². The predicted molar refractivity (Wildman–Crippen MR) is 56.2 cm³/mol. The van der Waals surface area contributed by atoms with E-state index >= 15 is 0 Å². The topological polar surface area (TPSA) is 57.6 Å². The number of alkyl halides is 1. The van der Waals surface area contributed by atoms with Crippen molar-refractivity contribution in [3.8, 4) is 0 Å². The van der Waals surface area contributed by atoms with Crippen molar-refractivity contribution in [3.05, 3.63) is 0 Å². The van der Waals surface area contributed by atoms with Crippen molar-refractivity contribution in [2.24, 2.45) is 0 Å². The van der Waals surface area contributed by atoms with Gasteiger partial charge in [-0.25, -0.2) is 4.79 Å². The Morgan fingerprint density at radius 1 is 1.71 bits per heavy atom. The number of thioether (sulfide) groups is 1. The van der Waals surface area contributed by atoms with Crippen LogP contribution >= 0.6 is 27.7 Å². The minimum atomic E-state index is -1.25. The molecule has 6 heteroatoms. The molecule has 78 valence electrons. The SMILES string of the molecule is CC1(C)S[C@@H]2CC(=O)N2[C@@]1(Br)C(=O)O. The summed E-state index contributed by atoms with van der Waals surface area (Å²) in [6.07, 6.45) is 0.453. The third-order valence-electron chi connectivity index (χ3n) is 2.75. The van der Waals surface area contributed by atoms with Crippen molar-refractivity contribution in [2.75, 3.05) is 0 Å². The van der Waals surface area contributed by atoms with Gasteiger partial charge in [-0.05, 0) is 29.8 Å². The molecule has 2 fully saturated rings. The Morgan fingerprint density at radius 3 is 2.64 bits per heavy atom. The Kier molecular flexibility index (Phi) is 1.96. The zero-order valence-corrected chi connectivity index (χ0v) is 10.2. The maximum Gasteiger partial charge on any atom is 0.342 e. The Bertz CT molecular complexity index is 333. The van der Waals surface area contributed by atoms with E-state index in [0.717, 1.165) is 0 Å². The molecule has 4 nitrogen and oxygen atoms in total. The third kappa shape index (κ3) is 0.957. The van der Waals surface area contributed by atoms with Crippen molar-refractivity contribution >= 4 is 39.6 Å². The Balaban J connectivity index is 2.45. The van der Waals surface area contributed by atoms with Crippen molar-refractivity contribution in [1.29, 1.82) is 0 Å². The molecule has 1 amide bonds. The number of carbonyl (C=O) groups is 2. The molecular formula is C8H10BrNO3S. The lowest BCUT2D eigenvalue weighted by atomic mass is 9.98. The molecule has 0 aliphatic carbocycles. The Morgan fingerprint density at radius 2 is 2.29 bits per heavy atom. The van der Waals surface area contributed by atoms with Crippen LogP contribution in [0.5, 0.6) is 0 Å². The number of aliphatic carboxylic acids is 1. The van der Waals surface area contributed by atoms with E-state index in [2.05, 4.69) is 15.9 Å². The lowest BCUT2D eigenvalue weighted by Crippen LogP contribution is -2.63. The fourth-order valence-corrected chi connectivity index (χ4v) is 4.41. The first-order valence-corrected chi connectivity index (χ1v) is 5.90. The second kappa shape index (κ2) is 2.66. The average Bonchev–Trinajstić information content (AvgIpc) is 2.16. The Labute approximate surface area is 94.1 Å². The lowest BCUT2D eigenvalue weighted by molar-refractivity contribution is -0.159. The zero-order chi connectivity index (χ0) is 10.7. The smallest absolute Gasteiger partial charge is 0.342 e. The van der Waals surface area contributed by atoms with Gasteiger partial charge >= 0.3 is 5.97 Å². The minimum absolute atomic E-state index is 0.0213. The molecule has 0 unspecified atom stereocenters. The molecule has 1 N–H and O–H groups in total. The van der Waals surface area contributed by atoms with Crippen LogP contribution in [0.4, 0.5) is 0 Å². The molecule has 2 saturated heterocycles. The van der Waals surface area contributed by atoms with Gasteiger partial charge in [0.1, 0.15) is 0 Å². The number of carboxylic acid groups (broad SMARTS) is 1. The van der Waals surface area contributed by atoms with Gasteiger partial charge in [0.25, 0.3) is 0 Å². The first-order chi connectivity index (χ1) is 6.30. The highest BCUT2D eigenvalue weighted by atomic mass is 79.9. The number of hydrogen-bond donors (Lipinski definition) is 1. The summed E-state index contributed by atoms with van der Waals surface area (Å²) in [5, 5.41) is 9.22. The monoisotopic (exact) mass is 279 g/mol. The highest BCUT2D eigenvalue weighted by molar-refractivity contribution is 9.10. The van der Waals surface area contributed by atoms with Crippen LogP contribution in [0.2, 0.25) is 0 Å². The van der Waals surface area contributed by atoms with Crippen LogP contribution in [-0.4, -0.2) is 36.5 Å². The lowest BCUT2D eigenvalue weighted by Gasteiger charge is -2.42. The van der Waals surface area contributed by atoms with Crippen LogP contribution in [0.3, 0.4) is 0 Å². The van der Waals surface area contributed by atoms with Crippen molar-refractivity contribution in [2.45, 2.75) is 34.8 Å². The maximum absolute atomic E-state index is 11.3. The van der Waals surface area contributed by atoms with Gasteiger partial charge in [-0.3, -0.25) is 4.79 Å². The number of rotatable bonds is 1. The van der Waals surface area contributed by atoms with E-state index in [1.165, 1.54) is 16.7 Å². The second-order valence-corrected chi connectivity index (χ2v) is 6.93. The van der Waals surface area contributed by atoms with Gasteiger partial charge < -0.3 is 10.0 Å². The molecule has 0 bridgehead atoms. The summed E-state index contributed by atoms with van der Waals surface area (Å²) < 4.78 is -1.75.